The molecule has 1 saturated heterocycles. The minimum Gasteiger partial charge on any atom is -0.241 e. The van der Waals surface area contributed by atoms with E-state index in [-0.39, 0.29) is 5.82 Å². The smallest absolute Gasteiger partial charge is 0.127 e. The highest BCUT2D eigenvalue weighted by Gasteiger charge is 2.20. The Labute approximate surface area is 111 Å². The first kappa shape index (κ1) is 11.5. The molecule has 1 aliphatic rings. The Hall–Kier alpha value is -0.620. The van der Waals surface area contributed by atoms with E-state index in [1.807, 2.05) is 16.4 Å². The first-order chi connectivity index (χ1) is 8.25. The number of fused-ring (bicyclic) bond motifs is 1. The summed E-state index contributed by atoms with van der Waals surface area (Å²) >= 11 is 5.29. The fraction of sp³-hybridized carbons (Fsp3) is 0.455. The first-order valence-electron chi connectivity index (χ1n) is 5.53. The summed E-state index contributed by atoms with van der Waals surface area (Å²) in [6.45, 7) is 0. The van der Waals surface area contributed by atoms with Crippen LogP contribution >= 0.6 is 27.7 Å². The lowest BCUT2D eigenvalue weighted by Crippen LogP contribution is -2.16. The zero-order valence-corrected chi connectivity index (χ0v) is 11.5. The normalized spacial score (nSPS) is 17.8. The summed E-state index contributed by atoms with van der Waals surface area (Å²) in [6.07, 6.45) is 2.16. The van der Waals surface area contributed by atoms with E-state index in [0.29, 0.717) is 10.5 Å². The van der Waals surface area contributed by atoms with Gasteiger partial charge in [0.05, 0.1) is 16.0 Å². The molecule has 0 radical (unpaired) electrons. The van der Waals surface area contributed by atoms with Gasteiger partial charge >= 0.3 is 0 Å². The quantitative estimate of drug-likeness (QED) is 0.808. The molecule has 17 heavy (non-hydrogen) atoms. The second-order valence-electron chi connectivity index (χ2n) is 4.13. The predicted octanol–water partition coefficient (Wildman–Crippen LogP) is 3.40. The summed E-state index contributed by atoms with van der Waals surface area (Å²) in [5.41, 5.74) is 1.53. The summed E-state index contributed by atoms with van der Waals surface area (Å²) in [4.78, 5) is 0. The van der Waals surface area contributed by atoms with E-state index in [1.165, 1.54) is 12.1 Å². The van der Waals surface area contributed by atoms with Gasteiger partial charge in [-0.3, -0.25) is 0 Å². The van der Waals surface area contributed by atoms with Crippen molar-refractivity contribution in [1.82, 2.24) is 15.0 Å². The average molecular weight is 316 g/mol. The van der Waals surface area contributed by atoms with Crippen LogP contribution in [0.2, 0.25) is 0 Å². The molecule has 1 aromatic heterocycles. The fourth-order valence-corrected chi connectivity index (χ4v) is 3.75. The van der Waals surface area contributed by atoms with Crippen molar-refractivity contribution in [2.75, 3.05) is 11.5 Å². The summed E-state index contributed by atoms with van der Waals surface area (Å²) in [5.74, 6) is 2.03. The standard InChI is InChI=1S/C11H11BrFN3S/c12-9-5-7(13)6-10-11(9)14-15-16(10)8-1-3-17-4-2-8/h5-6,8H,1-4H2. The monoisotopic (exact) mass is 315 g/mol. The second-order valence-corrected chi connectivity index (χ2v) is 6.21. The molecule has 2 heterocycles. The van der Waals surface area contributed by atoms with Crippen molar-refractivity contribution >= 4 is 38.7 Å². The van der Waals surface area contributed by atoms with Crippen molar-refractivity contribution in [3.05, 3.63) is 22.4 Å². The fourth-order valence-electron chi connectivity index (χ4n) is 2.17. The molecule has 0 atom stereocenters. The Kier molecular flexibility index (Phi) is 3.08. The molecule has 2 aromatic rings. The van der Waals surface area contributed by atoms with E-state index in [4.69, 9.17) is 0 Å². The zero-order chi connectivity index (χ0) is 11.8. The van der Waals surface area contributed by atoms with Crippen LogP contribution in [0.25, 0.3) is 11.0 Å². The van der Waals surface area contributed by atoms with Gasteiger partial charge in [0.1, 0.15) is 11.3 Å². The number of thioether (sulfide) groups is 1. The Morgan fingerprint density at radius 1 is 1.35 bits per heavy atom. The number of rotatable bonds is 1. The molecule has 3 nitrogen and oxygen atoms in total. The Bertz CT molecular complexity index is 551. The summed E-state index contributed by atoms with van der Waals surface area (Å²) in [5, 5.41) is 8.31. The lowest BCUT2D eigenvalue weighted by Gasteiger charge is -2.21. The van der Waals surface area contributed by atoms with Crippen molar-refractivity contribution in [2.24, 2.45) is 0 Å². The second kappa shape index (κ2) is 4.57. The Morgan fingerprint density at radius 3 is 2.88 bits per heavy atom. The van der Waals surface area contributed by atoms with Crippen molar-refractivity contribution in [3.63, 3.8) is 0 Å². The molecule has 0 amide bonds. The molecule has 6 heteroatoms. The molecule has 3 rings (SSSR count). The van der Waals surface area contributed by atoms with Crippen LogP contribution in [0.5, 0.6) is 0 Å². The SMILES string of the molecule is Fc1cc(Br)c2nnn(C3CCSCC3)c2c1. The number of hydrogen-bond donors (Lipinski definition) is 0. The molecule has 1 aromatic carbocycles. The van der Waals surface area contributed by atoms with Gasteiger partial charge in [0.2, 0.25) is 0 Å². The molecule has 0 N–H and O–H groups in total. The third-order valence-electron chi connectivity index (χ3n) is 3.03. The van der Waals surface area contributed by atoms with Crippen LogP contribution in [-0.4, -0.2) is 26.5 Å². The summed E-state index contributed by atoms with van der Waals surface area (Å²) < 4.78 is 16.0. The van der Waals surface area contributed by atoms with Gasteiger partial charge in [-0.2, -0.15) is 11.8 Å². The molecule has 0 saturated carbocycles. The van der Waals surface area contributed by atoms with Crippen LogP contribution in [-0.2, 0) is 0 Å². The molecular weight excluding hydrogens is 305 g/mol. The third kappa shape index (κ3) is 2.08. The van der Waals surface area contributed by atoms with Crippen molar-refractivity contribution in [1.29, 1.82) is 0 Å². The maximum atomic E-state index is 13.4. The molecule has 90 valence electrons. The average Bonchev–Trinajstić information content (AvgIpc) is 2.74. The van der Waals surface area contributed by atoms with Gasteiger partial charge in [0.15, 0.2) is 0 Å². The largest absolute Gasteiger partial charge is 0.241 e. The van der Waals surface area contributed by atoms with Crippen LogP contribution in [0.15, 0.2) is 16.6 Å². The lowest BCUT2D eigenvalue weighted by molar-refractivity contribution is 0.428. The number of hydrogen-bond acceptors (Lipinski definition) is 3. The van der Waals surface area contributed by atoms with Gasteiger partial charge in [-0.05, 0) is 46.3 Å². The highest BCUT2D eigenvalue weighted by Crippen LogP contribution is 2.31. The van der Waals surface area contributed by atoms with E-state index in [1.54, 1.807) is 0 Å². The van der Waals surface area contributed by atoms with Crippen molar-refractivity contribution in [3.8, 4) is 0 Å². The van der Waals surface area contributed by atoms with Gasteiger partial charge in [-0.15, -0.1) is 5.10 Å². The number of benzene rings is 1. The number of aromatic nitrogens is 3. The third-order valence-corrected chi connectivity index (χ3v) is 4.69. The van der Waals surface area contributed by atoms with E-state index in [2.05, 4.69) is 26.2 Å². The van der Waals surface area contributed by atoms with E-state index in [0.717, 1.165) is 35.4 Å². The predicted molar refractivity (Wildman–Crippen MR) is 70.8 cm³/mol. The number of halogens is 2. The molecule has 0 spiro atoms. The lowest BCUT2D eigenvalue weighted by atomic mass is 10.1. The van der Waals surface area contributed by atoms with Gasteiger partial charge in [0.25, 0.3) is 0 Å². The highest BCUT2D eigenvalue weighted by atomic mass is 79.9. The Balaban J connectivity index is 2.10. The van der Waals surface area contributed by atoms with E-state index < -0.39 is 0 Å². The first-order valence-corrected chi connectivity index (χ1v) is 7.48. The van der Waals surface area contributed by atoms with Crippen LogP contribution in [0.1, 0.15) is 18.9 Å². The van der Waals surface area contributed by atoms with Crippen molar-refractivity contribution < 1.29 is 4.39 Å². The summed E-state index contributed by atoms with van der Waals surface area (Å²) in [7, 11) is 0. The van der Waals surface area contributed by atoms with Crippen LogP contribution < -0.4 is 0 Å². The van der Waals surface area contributed by atoms with E-state index in [9.17, 15) is 4.39 Å². The Morgan fingerprint density at radius 2 is 2.12 bits per heavy atom. The maximum Gasteiger partial charge on any atom is 0.127 e. The van der Waals surface area contributed by atoms with E-state index >= 15 is 0 Å². The minimum absolute atomic E-state index is 0.252. The van der Waals surface area contributed by atoms with Crippen LogP contribution in [0.4, 0.5) is 4.39 Å². The molecule has 1 fully saturated rings. The molecule has 0 unspecified atom stereocenters. The van der Waals surface area contributed by atoms with Gasteiger partial charge < -0.3 is 0 Å². The minimum atomic E-state index is -0.252. The van der Waals surface area contributed by atoms with Gasteiger partial charge in [-0.1, -0.05) is 5.21 Å². The van der Waals surface area contributed by atoms with Crippen LogP contribution in [0, 0.1) is 5.82 Å². The van der Waals surface area contributed by atoms with Crippen LogP contribution in [0.3, 0.4) is 0 Å². The number of nitrogens with zero attached hydrogens (tertiary/aromatic N) is 3. The van der Waals surface area contributed by atoms with Crippen molar-refractivity contribution in [2.45, 2.75) is 18.9 Å². The maximum absolute atomic E-state index is 13.4. The topological polar surface area (TPSA) is 30.7 Å². The highest BCUT2D eigenvalue weighted by molar-refractivity contribution is 9.10. The summed E-state index contributed by atoms with van der Waals surface area (Å²) in [6, 6.07) is 3.30. The molecular formula is C11H11BrFN3S. The molecule has 1 aliphatic heterocycles. The van der Waals surface area contributed by atoms with Gasteiger partial charge in [-0.25, -0.2) is 9.07 Å². The zero-order valence-electron chi connectivity index (χ0n) is 9.07. The van der Waals surface area contributed by atoms with Gasteiger partial charge in [0, 0.05) is 6.07 Å². The molecule has 0 aliphatic carbocycles. The molecule has 0 bridgehead atoms.